The van der Waals surface area contributed by atoms with Gasteiger partial charge < -0.3 is 0 Å². The number of carbonyl (C=O) groups is 1. The van der Waals surface area contributed by atoms with E-state index in [1.165, 1.54) is 6.92 Å². The number of rotatable bonds is 1. The van der Waals surface area contributed by atoms with Gasteiger partial charge in [0.25, 0.3) is 0 Å². The predicted octanol–water partition coefficient (Wildman–Crippen LogP) is 3.13. The lowest BCUT2D eigenvalue weighted by Crippen LogP contribution is -1.95. The maximum Gasteiger partial charge on any atom is 0.159 e. The summed E-state index contributed by atoms with van der Waals surface area (Å²) in [6.45, 7) is 1.48. The molecule has 0 fully saturated rings. The number of hydrogen-bond acceptors (Lipinski definition) is 2. The van der Waals surface area contributed by atoms with E-state index in [1.807, 2.05) is 6.07 Å². The maximum atomic E-state index is 11.0. The van der Waals surface area contributed by atoms with Gasteiger partial charge in [0.1, 0.15) is 6.07 Å². The van der Waals surface area contributed by atoms with Crippen LogP contribution >= 0.6 is 38.5 Å². The van der Waals surface area contributed by atoms with Gasteiger partial charge in [-0.25, -0.2) is 0 Å². The maximum absolute atomic E-state index is 11.0. The third-order valence-corrected chi connectivity index (χ3v) is 4.08. The Bertz CT molecular complexity index is 409. The normalized spacial score (nSPS) is 9.38. The van der Waals surface area contributed by atoms with Crippen LogP contribution in [0.4, 0.5) is 0 Å². The van der Waals surface area contributed by atoms with E-state index in [2.05, 4.69) is 38.5 Å². The lowest BCUT2D eigenvalue weighted by Gasteiger charge is -2.01. The highest BCUT2D eigenvalue weighted by Crippen LogP contribution is 2.24. The van der Waals surface area contributed by atoms with Gasteiger partial charge in [-0.3, -0.25) is 4.79 Å². The molecule has 0 aliphatic rings. The Labute approximate surface area is 98.2 Å². The summed E-state index contributed by atoms with van der Waals surface area (Å²) in [5.74, 6) is -0.0337. The van der Waals surface area contributed by atoms with Crippen LogP contribution in [0.3, 0.4) is 0 Å². The molecule has 0 heterocycles. The number of carbonyl (C=O) groups excluding carboxylic acids is 1. The van der Waals surface area contributed by atoms with E-state index >= 15 is 0 Å². The average Bonchev–Trinajstić information content (AvgIpc) is 2.09. The Balaban J connectivity index is 3.41. The summed E-state index contributed by atoms with van der Waals surface area (Å²) in [6.07, 6.45) is 0. The zero-order valence-electron chi connectivity index (χ0n) is 6.77. The van der Waals surface area contributed by atoms with Crippen molar-refractivity contribution >= 4 is 44.3 Å². The monoisotopic (exact) mass is 349 g/mol. The molecule has 4 heteroatoms. The SMILES string of the molecule is CC(=O)c1cc(Br)c(I)c(C#N)c1. The van der Waals surface area contributed by atoms with Crippen LogP contribution in [0.25, 0.3) is 0 Å². The van der Waals surface area contributed by atoms with E-state index in [-0.39, 0.29) is 5.78 Å². The summed E-state index contributed by atoms with van der Waals surface area (Å²) in [7, 11) is 0. The number of Topliss-reactive ketones (excluding diaryl/α,β-unsaturated/α-hetero) is 1. The summed E-state index contributed by atoms with van der Waals surface area (Å²) in [5, 5.41) is 8.76. The largest absolute Gasteiger partial charge is 0.295 e. The summed E-state index contributed by atoms with van der Waals surface area (Å²) in [6, 6.07) is 5.37. The molecule has 1 aromatic rings. The molecule has 0 bridgehead atoms. The predicted molar refractivity (Wildman–Crippen MR) is 61.6 cm³/mol. The summed E-state index contributed by atoms with van der Waals surface area (Å²) < 4.78 is 1.63. The fraction of sp³-hybridized carbons (Fsp3) is 0.111. The Morgan fingerprint density at radius 3 is 2.69 bits per heavy atom. The van der Waals surface area contributed by atoms with Crippen LogP contribution in [0.5, 0.6) is 0 Å². The van der Waals surface area contributed by atoms with Crippen molar-refractivity contribution in [2.75, 3.05) is 0 Å². The van der Waals surface area contributed by atoms with E-state index in [1.54, 1.807) is 12.1 Å². The first-order valence-electron chi connectivity index (χ1n) is 3.46. The molecule has 1 rings (SSSR count). The Kier molecular flexibility index (Phi) is 3.45. The molecule has 0 aromatic heterocycles. The number of halogens is 2. The first kappa shape index (κ1) is 10.7. The zero-order valence-corrected chi connectivity index (χ0v) is 10.5. The fourth-order valence-corrected chi connectivity index (χ4v) is 1.77. The van der Waals surface area contributed by atoms with Crippen LogP contribution in [0.2, 0.25) is 0 Å². The minimum absolute atomic E-state index is 0.0337. The molecule has 0 radical (unpaired) electrons. The summed E-state index contributed by atoms with van der Waals surface area (Å²) >= 11 is 5.36. The highest BCUT2D eigenvalue weighted by molar-refractivity contribution is 14.1. The Hall–Kier alpha value is -0.410. The first-order valence-corrected chi connectivity index (χ1v) is 5.33. The third-order valence-electron chi connectivity index (χ3n) is 1.56. The van der Waals surface area contributed by atoms with Crippen molar-refractivity contribution in [2.45, 2.75) is 6.92 Å². The molecule has 0 unspecified atom stereocenters. The first-order chi connectivity index (χ1) is 6.06. The van der Waals surface area contributed by atoms with E-state index < -0.39 is 0 Å². The van der Waals surface area contributed by atoms with Gasteiger partial charge in [0, 0.05) is 13.6 Å². The second-order valence-corrected chi connectivity index (χ2v) is 4.42. The van der Waals surface area contributed by atoms with Crippen molar-refractivity contribution in [3.8, 4) is 6.07 Å². The van der Waals surface area contributed by atoms with Crippen LogP contribution in [-0.4, -0.2) is 5.78 Å². The molecule has 66 valence electrons. The topological polar surface area (TPSA) is 40.9 Å². The van der Waals surface area contributed by atoms with Crippen LogP contribution in [0.15, 0.2) is 16.6 Å². The number of nitrogens with zero attached hydrogens (tertiary/aromatic N) is 1. The summed E-state index contributed by atoms with van der Waals surface area (Å²) in [4.78, 5) is 11.0. The van der Waals surface area contributed by atoms with Gasteiger partial charge in [-0.15, -0.1) is 0 Å². The Morgan fingerprint density at radius 2 is 2.23 bits per heavy atom. The number of benzene rings is 1. The molecule has 1 aromatic carbocycles. The molecule has 0 saturated heterocycles. The van der Waals surface area contributed by atoms with Crippen LogP contribution in [-0.2, 0) is 0 Å². The smallest absolute Gasteiger partial charge is 0.159 e. The van der Waals surface area contributed by atoms with E-state index in [0.29, 0.717) is 11.1 Å². The second-order valence-electron chi connectivity index (χ2n) is 2.49. The van der Waals surface area contributed by atoms with Crippen LogP contribution in [0, 0.1) is 14.9 Å². The quantitative estimate of drug-likeness (QED) is 0.577. The summed E-state index contributed by atoms with van der Waals surface area (Å²) in [5.41, 5.74) is 1.09. The van der Waals surface area contributed by atoms with E-state index in [9.17, 15) is 4.79 Å². The van der Waals surface area contributed by atoms with Crippen LogP contribution < -0.4 is 0 Å². The van der Waals surface area contributed by atoms with Gasteiger partial charge in [0.15, 0.2) is 5.78 Å². The van der Waals surface area contributed by atoms with Gasteiger partial charge in [-0.05, 0) is 57.6 Å². The second kappa shape index (κ2) is 4.20. The van der Waals surface area contributed by atoms with Crippen molar-refractivity contribution in [1.82, 2.24) is 0 Å². The highest BCUT2D eigenvalue weighted by atomic mass is 127. The van der Waals surface area contributed by atoms with Crippen molar-refractivity contribution in [2.24, 2.45) is 0 Å². The molecule has 0 amide bonds. The lowest BCUT2D eigenvalue weighted by atomic mass is 10.1. The van der Waals surface area contributed by atoms with Gasteiger partial charge in [0.05, 0.1) is 5.56 Å². The minimum Gasteiger partial charge on any atom is -0.295 e. The van der Waals surface area contributed by atoms with Crippen molar-refractivity contribution in [3.05, 3.63) is 31.3 Å². The number of ketones is 1. The molecule has 0 aliphatic carbocycles. The van der Waals surface area contributed by atoms with Crippen LogP contribution in [0.1, 0.15) is 22.8 Å². The lowest BCUT2D eigenvalue weighted by molar-refractivity contribution is 0.101. The average molecular weight is 350 g/mol. The minimum atomic E-state index is -0.0337. The van der Waals surface area contributed by atoms with E-state index in [0.717, 1.165) is 8.04 Å². The standard InChI is InChI=1S/C9H5BrINO/c1-5(13)6-2-7(4-12)9(11)8(10)3-6/h2-3H,1H3. The van der Waals surface area contributed by atoms with Gasteiger partial charge in [-0.1, -0.05) is 0 Å². The van der Waals surface area contributed by atoms with Gasteiger partial charge >= 0.3 is 0 Å². The molecular formula is C9H5BrINO. The molecule has 0 aliphatic heterocycles. The molecule has 0 atom stereocenters. The van der Waals surface area contributed by atoms with Gasteiger partial charge in [0.2, 0.25) is 0 Å². The Morgan fingerprint density at radius 1 is 1.62 bits per heavy atom. The number of nitriles is 1. The highest BCUT2D eigenvalue weighted by Gasteiger charge is 2.08. The molecular weight excluding hydrogens is 345 g/mol. The van der Waals surface area contributed by atoms with Crippen molar-refractivity contribution in [1.29, 1.82) is 5.26 Å². The molecule has 0 spiro atoms. The fourth-order valence-electron chi connectivity index (χ4n) is 0.874. The molecule has 13 heavy (non-hydrogen) atoms. The zero-order chi connectivity index (χ0) is 10.0. The molecule has 0 saturated carbocycles. The third kappa shape index (κ3) is 2.29. The van der Waals surface area contributed by atoms with Crippen molar-refractivity contribution in [3.63, 3.8) is 0 Å². The molecule has 0 N–H and O–H groups in total. The molecule has 2 nitrogen and oxygen atoms in total. The van der Waals surface area contributed by atoms with Crippen molar-refractivity contribution < 1.29 is 4.79 Å². The van der Waals surface area contributed by atoms with Gasteiger partial charge in [-0.2, -0.15) is 5.26 Å². The number of hydrogen-bond donors (Lipinski definition) is 0. The van der Waals surface area contributed by atoms with E-state index in [4.69, 9.17) is 5.26 Å².